The van der Waals surface area contributed by atoms with Crippen molar-refractivity contribution in [2.75, 3.05) is 18.9 Å². The van der Waals surface area contributed by atoms with Crippen LogP contribution in [0.1, 0.15) is 80.0 Å². The fourth-order valence-corrected chi connectivity index (χ4v) is 7.01. The second-order valence-corrected chi connectivity index (χ2v) is 13.9. The normalized spacial score (nSPS) is 16.4. The summed E-state index contributed by atoms with van der Waals surface area (Å²) in [5.41, 5.74) is 5.47. The Balaban J connectivity index is 0.000000507. The molecule has 3 N–H and O–H groups in total. The Morgan fingerprint density at radius 3 is 2.40 bits per heavy atom. The van der Waals surface area contributed by atoms with Crippen molar-refractivity contribution in [2.24, 2.45) is 13.0 Å². The average Bonchev–Trinajstić information content (AvgIpc) is 3.55. The standard InChI is InChI=1S/C35H37N5O3.C8H14O/c1-24-12-19-32(41)29(21-24)33-27(23-39(3)38-33)16-13-25-14-17-28(18-15-25)37-34(42)31-11-7-8-20-40(31)35(43)30(36-2)22-26-9-5-4-6-10-26;9-7-6-8-4-2-1-3-5-8/h4-6,9-10,12,14-15,17-19,21,23,30-31,36,41H,7-8,11,20,22H2,1-3H3,(H,37,42);7-8H,1-6H2. The van der Waals surface area contributed by atoms with E-state index in [0.717, 1.165) is 48.2 Å². The van der Waals surface area contributed by atoms with Crippen LogP contribution < -0.4 is 10.6 Å². The van der Waals surface area contributed by atoms with Crippen molar-refractivity contribution >= 4 is 23.8 Å². The second kappa shape index (κ2) is 18.9. The van der Waals surface area contributed by atoms with Gasteiger partial charge in [-0.25, -0.2) is 0 Å². The smallest absolute Gasteiger partial charge is 0.247 e. The van der Waals surface area contributed by atoms with E-state index in [0.29, 0.717) is 41.9 Å². The first-order valence-corrected chi connectivity index (χ1v) is 18.5. The number of aromatic hydroxyl groups is 1. The third-order valence-corrected chi connectivity index (χ3v) is 9.90. The van der Waals surface area contributed by atoms with Gasteiger partial charge in [-0.3, -0.25) is 14.3 Å². The first kappa shape index (κ1) is 38.0. The van der Waals surface area contributed by atoms with Crippen LogP contribution in [-0.2, 0) is 27.9 Å². The third kappa shape index (κ3) is 10.4. The van der Waals surface area contributed by atoms with Crippen LogP contribution >= 0.6 is 0 Å². The monoisotopic (exact) mass is 701 g/mol. The molecule has 6 rings (SSSR count). The number of anilines is 1. The van der Waals surface area contributed by atoms with Crippen LogP contribution in [-0.4, -0.2) is 63.6 Å². The van der Waals surface area contributed by atoms with E-state index in [1.165, 1.54) is 32.1 Å². The molecule has 1 aliphatic heterocycles. The molecule has 1 aliphatic carbocycles. The van der Waals surface area contributed by atoms with Gasteiger partial charge in [0, 0.05) is 43.0 Å². The van der Waals surface area contributed by atoms with Crippen LogP contribution in [0, 0.1) is 24.7 Å². The number of hydrogen-bond donors (Lipinski definition) is 3. The van der Waals surface area contributed by atoms with Crippen LogP contribution in [0.25, 0.3) is 11.3 Å². The fraction of sp³-hybridized carbons (Fsp3) is 0.395. The molecule has 9 heteroatoms. The minimum atomic E-state index is -0.519. The van der Waals surface area contributed by atoms with Crippen LogP contribution in [0.15, 0.2) is 79.0 Å². The Bertz CT molecular complexity index is 1850. The molecule has 0 spiro atoms. The van der Waals surface area contributed by atoms with Crippen LogP contribution in [0.2, 0.25) is 0 Å². The molecule has 2 heterocycles. The number of likely N-dealkylation sites (tertiary alicyclic amines) is 1. The van der Waals surface area contributed by atoms with E-state index in [9.17, 15) is 19.5 Å². The lowest BCUT2D eigenvalue weighted by molar-refractivity contribution is -0.142. The van der Waals surface area contributed by atoms with Gasteiger partial charge in [0.1, 0.15) is 23.8 Å². The molecule has 2 aliphatic rings. The van der Waals surface area contributed by atoms with Crippen molar-refractivity contribution in [2.45, 2.75) is 83.2 Å². The first-order valence-electron chi connectivity index (χ1n) is 18.5. The molecule has 9 nitrogen and oxygen atoms in total. The summed E-state index contributed by atoms with van der Waals surface area (Å²) in [5, 5.41) is 21.1. The Morgan fingerprint density at radius 1 is 0.962 bits per heavy atom. The lowest BCUT2D eigenvalue weighted by Crippen LogP contribution is -2.55. The highest BCUT2D eigenvalue weighted by molar-refractivity contribution is 5.98. The SMILES string of the molecule is CNC(Cc1ccccc1)C(=O)N1CCCCC1C(=O)Nc1ccc(C#Cc2cn(C)nc2-c2cc(C)ccc2O)cc1.O=CCC1CCCCC1. The summed E-state index contributed by atoms with van der Waals surface area (Å²) in [6.07, 6.45) is 13.3. The maximum Gasteiger partial charge on any atom is 0.247 e. The molecule has 1 saturated carbocycles. The quantitative estimate of drug-likeness (QED) is 0.131. The highest BCUT2D eigenvalue weighted by Gasteiger charge is 2.35. The van der Waals surface area contributed by atoms with E-state index < -0.39 is 12.1 Å². The van der Waals surface area contributed by atoms with Gasteiger partial charge in [0.25, 0.3) is 0 Å². The highest BCUT2D eigenvalue weighted by atomic mass is 16.3. The Hall–Kier alpha value is -5.20. The van der Waals surface area contributed by atoms with Crippen LogP contribution in [0.5, 0.6) is 5.75 Å². The number of nitrogens with zero attached hydrogens (tertiary/aromatic N) is 3. The number of benzene rings is 3. The third-order valence-electron chi connectivity index (χ3n) is 9.90. The van der Waals surface area contributed by atoms with Gasteiger partial charge in [0.05, 0.1) is 11.6 Å². The zero-order valence-electron chi connectivity index (χ0n) is 30.6. The molecular formula is C43H51N5O4. The summed E-state index contributed by atoms with van der Waals surface area (Å²) >= 11 is 0. The Kier molecular flexibility index (Phi) is 13.8. The summed E-state index contributed by atoms with van der Waals surface area (Å²) in [6.45, 7) is 2.53. The number of phenols is 1. The number of carbonyl (C=O) groups is 3. The van der Waals surface area contributed by atoms with E-state index in [-0.39, 0.29) is 17.6 Å². The number of carbonyl (C=O) groups excluding carboxylic acids is 3. The summed E-state index contributed by atoms with van der Waals surface area (Å²) in [7, 11) is 3.61. The number of phenolic OH excluding ortho intramolecular Hbond substituents is 1. The Labute approximate surface area is 307 Å². The van der Waals surface area contributed by atoms with Gasteiger partial charge in [0.2, 0.25) is 11.8 Å². The number of nitrogens with one attached hydrogen (secondary N) is 2. The molecule has 3 aromatic carbocycles. The minimum absolute atomic E-state index is 0.0504. The number of likely N-dealkylation sites (N-methyl/N-ethyl adjacent to an activating group) is 1. The number of rotatable bonds is 9. The van der Waals surface area contributed by atoms with Crippen molar-refractivity contribution in [3.63, 3.8) is 0 Å². The molecular weight excluding hydrogens is 651 g/mol. The van der Waals surface area contributed by atoms with Crippen LogP contribution in [0.3, 0.4) is 0 Å². The van der Waals surface area contributed by atoms with E-state index in [1.54, 1.807) is 22.7 Å². The number of aldehydes is 1. The molecule has 2 atom stereocenters. The zero-order valence-corrected chi connectivity index (χ0v) is 30.6. The molecule has 2 fully saturated rings. The number of aryl methyl sites for hydroxylation is 2. The van der Waals surface area contributed by atoms with Crippen molar-refractivity contribution in [3.8, 4) is 28.8 Å². The molecule has 0 radical (unpaired) electrons. The number of aromatic nitrogens is 2. The lowest BCUT2D eigenvalue weighted by Gasteiger charge is -2.37. The molecule has 4 aromatic rings. The van der Waals surface area contributed by atoms with Gasteiger partial charge in [-0.05, 0) is 87.5 Å². The summed E-state index contributed by atoms with van der Waals surface area (Å²) in [4.78, 5) is 38.7. The fourth-order valence-electron chi connectivity index (χ4n) is 7.01. The summed E-state index contributed by atoms with van der Waals surface area (Å²) in [6, 6.07) is 21.7. The summed E-state index contributed by atoms with van der Waals surface area (Å²) in [5.74, 6) is 7.00. The van der Waals surface area contributed by atoms with Gasteiger partial charge >= 0.3 is 0 Å². The van der Waals surface area contributed by atoms with Crippen molar-refractivity contribution in [1.29, 1.82) is 0 Å². The van der Waals surface area contributed by atoms with E-state index in [2.05, 4.69) is 27.6 Å². The van der Waals surface area contributed by atoms with E-state index in [4.69, 9.17) is 0 Å². The first-order chi connectivity index (χ1) is 25.2. The maximum absolute atomic E-state index is 13.5. The van der Waals surface area contributed by atoms with E-state index in [1.807, 2.05) is 86.9 Å². The zero-order chi connectivity index (χ0) is 36.9. The van der Waals surface area contributed by atoms with Crippen molar-refractivity contribution in [1.82, 2.24) is 20.0 Å². The molecule has 2 unspecified atom stereocenters. The number of piperidine rings is 1. The maximum atomic E-state index is 13.5. The molecule has 1 aromatic heterocycles. The lowest BCUT2D eigenvalue weighted by atomic mass is 9.87. The molecule has 0 bridgehead atoms. The molecule has 2 amide bonds. The van der Waals surface area contributed by atoms with E-state index >= 15 is 0 Å². The topological polar surface area (TPSA) is 117 Å². The van der Waals surface area contributed by atoms with Gasteiger partial charge < -0.3 is 25.4 Å². The number of amides is 2. The van der Waals surface area contributed by atoms with Gasteiger partial charge in [0.15, 0.2) is 0 Å². The largest absolute Gasteiger partial charge is 0.507 e. The van der Waals surface area contributed by atoms with Crippen molar-refractivity contribution < 1.29 is 19.5 Å². The molecule has 1 saturated heterocycles. The van der Waals surface area contributed by atoms with Gasteiger partial charge in [-0.1, -0.05) is 85.9 Å². The summed E-state index contributed by atoms with van der Waals surface area (Å²) < 4.78 is 1.68. The van der Waals surface area contributed by atoms with Gasteiger partial charge in [-0.2, -0.15) is 5.10 Å². The minimum Gasteiger partial charge on any atom is -0.507 e. The molecule has 272 valence electrons. The second-order valence-electron chi connectivity index (χ2n) is 13.9. The number of hydrogen-bond acceptors (Lipinski definition) is 6. The molecule has 52 heavy (non-hydrogen) atoms. The highest BCUT2D eigenvalue weighted by Crippen LogP contribution is 2.31. The van der Waals surface area contributed by atoms with Gasteiger partial charge in [-0.15, -0.1) is 0 Å². The van der Waals surface area contributed by atoms with Crippen LogP contribution in [0.4, 0.5) is 5.69 Å². The average molecular weight is 702 g/mol. The Morgan fingerprint density at radius 2 is 1.69 bits per heavy atom. The predicted molar refractivity (Wildman–Crippen MR) is 206 cm³/mol. The van der Waals surface area contributed by atoms with Crippen molar-refractivity contribution in [3.05, 3.63) is 101 Å². The predicted octanol–water partition coefficient (Wildman–Crippen LogP) is 6.81.